The van der Waals surface area contributed by atoms with Gasteiger partial charge in [-0.1, -0.05) is 12.2 Å². The van der Waals surface area contributed by atoms with Crippen molar-refractivity contribution < 1.29 is 19.2 Å². The summed E-state index contributed by atoms with van der Waals surface area (Å²) in [6, 6.07) is -0.258. The maximum atomic E-state index is 11.1. The first-order valence-corrected chi connectivity index (χ1v) is 5.77. The third-order valence-corrected chi connectivity index (χ3v) is 2.59. The van der Waals surface area contributed by atoms with Gasteiger partial charge in [0.25, 0.3) is 0 Å². The summed E-state index contributed by atoms with van der Waals surface area (Å²) in [6.07, 6.45) is 5.43. The summed E-state index contributed by atoms with van der Waals surface area (Å²) in [4.78, 5) is 21.5. The van der Waals surface area contributed by atoms with E-state index in [1.165, 1.54) is 17.4 Å². The van der Waals surface area contributed by atoms with E-state index in [0.29, 0.717) is 24.6 Å². The molecule has 2 N–H and O–H groups in total. The van der Waals surface area contributed by atoms with Gasteiger partial charge in [-0.2, -0.15) is 5.48 Å². The number of aromatic nitrogens is 1. The molecule has 2 heterocycles. The topological polar surface area (TPSA) is 87.8 Å². The first-order valence-electron chi connectivity index (χ1n) is 5.77. The molecule has 0 spiro atoms. The lowest BCUT2D eigenvalue weighted by molar-refractivity contribution is 0.0362. The van der Waals surface area contributed by atoms with E-state index in [1.54, 1.807) is 6.08 Å². The Bertz CT molecular complexity index is 469. The number of nitrogens with zero attached hydrogens (tertiary/aromatic N) is 2. The summed E-state index contributed by atoms with van der Waals surface area (Å²) in [5, 5.41) is 9.11. The Morgan fingerprint density at radius 3 is 3.26 bits per heavy atom. The number of hydroxylamine groups is 1. The van der Waals surface area contributed by atoms with Crippen molar-refractivity contribution in [1.82, 2.24) is 15.4 Å². The lowest BCUT2D eigenvalue weighted by Crippen LogP contribution is -2.46. The van der Waals surface area contributed by atoms with Crippen molar-refractivity contribution in [3.63, 3.8) is 0 Å². The lowest BCUT2D eigenvalue weighted by Gasteiger charge is -2.29. The zero-order chi connectivity index (χ0) is 13.7. The van der Waals surface area contributed by atoms with Crippen molar-refractivity contribution in [3.05, 3.63) is 37.1 Å². The molecule has 0 saturated heterocycles. The molecule has 1 aromatic rings. The Morgan fingerprint density at radius 1 is 1.79 bits per heavy atom. The molecule has 2 rings (SSSR count). The van der Waals surface area contributed by atoms with Gasteiger partial charge in [0, 0.05) is 12.1 Å². The van der Waals surface area contributed by atoms with Crippen LogP contribution in [0.5, 0.6) is 0 Å². The number of hydrogen-bond donors (Lipinski definition) is 2. The van der Waals surface area contributed by atoms with E-state index in [1.807, 2.05) is 6.08 Å². The Kier molecular flexibility index (Phi) is 4.32. The van der Waals surface area contributed by atoms with Gasteiger partial charge in [0.15, 0.2) is 0 Å². The predicted molar refractivity (Wildman–Crippen MR) is 67.2 cm³/mol. The number of carbonyl (C=O) groups is 1. The molecule has 1 aliphatic heterocycles. The summed E-state index contributed by atoms with van der Waals surface area (Å²) in [5.41, 5.74) is 3.48. The normalized spacial score (nSPS) is 19.1. The number of hydrogen-bond acceptors (Lipinski definition) is 5. The van der Waals surface area contributed by atoms with Crippen LogP contribution >= 0.6 is 0 Å². The molecule has 0 aliphatic carbocycles. The Hall–Kier alpha value is -2.12. The van der Waals surface area contributed by atoms with Crippen LogP contribution in [0.2, 0.25) is 0 Å². The van der Waals surface area contributed by atoms with Crippen molar-refractivity contribution in [3.8, 4) is 0 Å². The maximum absolute atomic E-state index is 11.1. The van der Waals surface area contributed by atoms with Crippen LogP contribution in [0.4, 0.5) is 4.79 Å². The van der Waals surface area contributed by atoms with Gasteiger partial charge in [-0.25, -0.2) is 9.78 Å². The monoisotopic (exact) mass is 265 g/mol. The molecule has 1 amide bonds. The molecular weight excluding hydrogens is 250 g/mol. The average Bonchev–Trinajstić information content (AvgIpc) is 2.92. The van der Waals surface area contributed by atoms with Gasteiger partial charge in [-0.3, -0.25) is 4.84 Å². The molecule has 1 aliphatic rings. The molecule has 102 valence electrons. The Balaban J connectivity index is 2.11. The van der Waals surface area contributed by atoms with Crippen molar-refractivity contribution >= 4 is 11.7 Å². The fourth-order valence-electron chi connectivity index (χ4n) is 1.81. The number of oxazole rings is 1. The summed E-state index contributed by atoms with van der Waals surface area (Å²) in [6.45, 7) is 4.42. The second kappa shape index (κ2) is 6.17. The van der Waals surface area contributed by atoms with Crippen LogP contribution in [-0.2, 0) is 4.84 Å². The summed E-state index contributed by atoms with van der Waals surface area (Å²) < 4.78 is 5.19. The molecule has 7 heteroatoms. The van der Waals surface area contributed by atoms with E-state index in [0.717, 1.165) is 0 Å². The van der Waals surface area contributed by atoms with Gasteiger partial charge in [0.1, 0.15) is 6.26 Å². The van der Waals surface area contributed by atoms with Gasteiger partial charge in [-0.15, -0.1) is 6.58 Å². The lowest BCUT2D eigenvalue weighted by atomic mass is 10.1. The minimum Gasteiger partial charge on any atom is -0.465 e. The second-order valence-electron chi connectivity index (χ2n) is 4.02. The zero-order valence-electron chi connectivity index (χ0n) is 10.3. The van der Waals surface area contributed by atoms with Crippen molar-refractivity contribution in [2.75, 3.05) is 19.7 Å². The zero-order valence-corrected chi connectivity index (χ0v) is 10.3. The SMILES string of the molecule is C=CCONC1C=C(c2ncco2)CN(C(=O)O)C1. The highest BCUT2D eigenvalue weighted by atomic mass is 16.6. The smallest absolute Gasteiger partial charge is 0.407 e. The Labute approximate surface area is 110 Å². The van der Waals surface area contributed by atoms with E-state index in [9.17, 15) is 4.79 Å². The molecule has 0 aromatic carbocycles. The number of nitrogens with one attached hydrogen (secondary N) is 1. The van der Waals surface area contributed by atoms with Gasteiger partial charge in [-0.05, 0) is 0 Å². The highest BCUT2D eigenvalue weighted by molar-refractivity contribution is 5.72. The molecule has 1 atom stereocenters. The maximum Gasteiger partial charge on any atom is 0.407 e. The quantitative estimate of drug-likeness (QED) is 0.471. The van der Waals surface area contributed by atoms with Crippen LogP contribution in [0.3, 0.4) is 0 Å². The largest absolute Gasteiger partial charge is 0.465 e. The fraction of sp³-hybridized carbons (Fsp3) is 0.333. The number of amides is 1. The minimum atomic E-state index is -0.993. The molecule has 1 aromatic heterocycles. The third-order valence-electron chi connectivity index (χ3n) is 2.59. The van der Waals surface area contributed by atoms with E-state index in [2.05, 4.69) is 17.0 Å². The average molecular weight is 265 g/mol. The van der Waals surface area contributed by atoms with Crippen LogP contribution in [-0.4, -0.2) is 46.8 Å². The molecule has 0 fully saturated rings. The minimum absolute atomic E-state index is 0.246. The predicted octanol–water partition coefficient (Wildman–Crippen LogP) is 1.13. The first-order chi connectivity index (χ1) is 9.20. The van der Waals surface area contributed by atoms with E-state index >= 15 is 0 Å². The van der Waals surface area contributed by atoms with E-state index in [4.69, 9.17) is 14.4 Å². The first kappa shape index (κ1) is 13.3. The molecular formula is C12H15N3O4. The van der Waals surface area contributed by atoms with Crippen LogP contribution in [0.1, 0.15) is 5.89 Å². The van der Waals surface area contributed by atoms with Crippen LogP contribution in [0.25, 0.3) is 5.57 Å². The summed E-state index contributed by atoms with van der Waals surface area (Å²) in [5.74, 6) is 0.418. The molecule has 0 radical (unpaired) electrons. The standard InChI is InChI=1S/C12H15N3O4/c1-2-4-19-14-10-6-9(11-13-3-5-18-11)7-15(8-10)12(16)17/h2-3,5-6,10,14H,1,4,7-8H2,(H,16,17). The highest BCUT2D eigenvalue weighted by Gasteiger charge is 2.26. The van der Waals surface area contributed by atoms with Gasteiger partial charge < -0.3 is 14.4 Å². The molecule has 1 unspecified atom stereocenters. The molecule has 19 heavy (non-hydrogen) atoms. The second-order valence-corrected chi connectivity index (χ2v) is 4.02. The van der Waals surface area contributed by atoms with Crippen molar-refractivity contribution in [2.45, 2.75) is 6.04 Å². The van der Waals surface area contributed by atoms with Crippen molar-refractivity contribution in [1.29, 1.82) is 0 Å². The molecule has 0 saturated carbocycles. The van der Waals surface area contributed by atoms with E-state index < -0.39 is 6.09 Å². The summed E-state index contributed by atoms with van der Waals surface area (Å²) in [7, 11) is 0. The van der Waals surface area contributed by atoms with Crippen LogP contribution < -0.4 is 5.48 Å². The van der Waals surface area contributed by atoms with Crippen LogP contribution in [0.15, 0.2) is 35.6 Å². The summed E-state index contributed by atoms with van der Waals surface area (Å²) >= 11 is 0. The van der Waals surface area contributed by atoms with E-state index in [-0.39, 0.29) is 12.6 Å². The Morgan fingerprint density at radius 2 is 2.63 bits per heavy atom. The van der Waals surface area contributed by atoms with Crippen molar-refractivity contribution in [2.24, 2.45) is 0 Å². The van der Waals surface area contributed by atoms with Crippen LogP contribution in [0, 0.1) is 0 Å². The number of carboxylic acid groups (broad SMARTS) is 1. The third kappa shape index (κ3) is 3.43. The van der Waals surface area contributed by atoms with Gasteiger partial charge in [0.05, 0.1) is 25.4 Å². The van der Waals surface area contributed by atoms with Gasteiger partial charge in [0.2, 0.25) is 5.89 Å². The molecule has 0 bridgehead atoms. The highest BCUT2D eigenvalue weighted by Crippen LogP contribution is 2.19. The van der Waals surface area contributed by atoms with Gasteiger partial charge >= 0.3 is 6.09 Å². The number of rotatable bonds is 5. The molecule has 7 nitrogen and oxygen atoms in total. The fourth-order valence-corrected chi connectivity index (χ4v) is 1.81.